The van der Waals surface area contributed by atoms with Crippen LogP contribution < -0.4 is 0 Å². The van der Waals surface area contributed by atoms with E-state index in [1.807, 2.05) is 43.0 Å². The zero-order chi connectivity index (χ0) is 19.4. The van der Waals surface area contributed by atoms with Crippen molar-refractivity contribution in [3.05, 3.63) is 71.0 Å². The van der Waals surface area contributed by atoms with E-state index in [9.17, 15) is 14.0 Å². The Balaban J connectivity index is 1.69. The van der Waals surface area contributed by atoms with Crippen LogP contribution in [0, 0.1) is 12.7 Å². The molecule has 1 fully saturated rings. The molecule has 2 amide bonds. The van der Waals surface area contributed by atoms with Gasteiger partial charge in [0.2, 0.25) is 5.91 Å². The van der Waals surface area contributed by atoms with Crippen LogP contribution in [0.5, 0.6) is 0 Å². The number of carbonyl (C=O) groups excluding carboxylic acids is 2. The second-order valence-electron chi connectivity index (χ2n) is 6.56. The topological polar surface area (TPSA) is 40.6 Å². The first kappa shape index (κ1) is 19.4. The summed E-state index contributed by atoms with van der Waals surface area (Å²) in [6.45, 7) is 5.29. The Labute approximate surface area is 163 Å². The van der Waals surface area contributed by atoms with Crippen molar-refractivity contribution in [1.29, 1.82) is 0 Å². The van der Waals surface area contributed by atoms with Crippen molar-refractivity contribution in [2.45, 2.75) is 19.2 Å². The lowest BCUT2D eigenvalue weighted by atomic mass is 10.1. The van der Waals surface area contributed by atoms with Crippen molar-refractivity contribution < 1.29 is 14.0 Å². The van der Waals surface area contributed by atoms with E-state index in [-0.39, 0.29) is 17.2 Å². The first-order chi connectivity index (χ1) is 13.0. The molecular formula is C21H23FN2O2S. The van der Waals surface area contributed by atoms with Gasteiger partial charge in [-0.05, 0) is 37.6 Å². The van der Waals surface area contributed by atoms with Crippen molar-refractivity contribution in [1.82, 2.24) is 9.80 Å². The van der Waals surface area contributed by atoms with Gasteiger partial charge in [-0.2, -0.15) is 0 Å². The van der Waals surface area contributed by atoms with E-state index < -0.39 is 5.82 Å². The molecule has 0 radical (unpaired) electrons. The molecule has 142 valence electrons. The second kappa shape index (κ2) is 8.57. The Hall–Kier alpha value is -2.34. The highest BCUT2D eigenvalue weighted by Gasteiger charge is 2.33. The Kier molecular flexibility index (Phi) is 6.16. The Morgan fingerprint density at radius 3 is 2.67 bits per heavy atom. The molecule has 0 N–H and O–H groups in total. The van der Waals surface area contributed by atoms with E-state index in [1.54, 1.807) is 22.7 Å². The number of carbonyl (C=O) groups is 2. The molecule has 6 heteroatoms. The Morgan fingerprint density at radius 2 is 2.00 bits per heavy atom. The first-order valence-corrected chi connectivity index (χ1v) is 10.1. The maximum absolute atomic E-state index is 13.4. The molecule has 0 aliphatic carbocycles. The molecule has 0 aromatic heterocycles. The van der Waals surface area contributed by atoms with Crippen LogP contribution in [0.4, 0.5) is 4.39 Å². The summed E-state index contributed by atoms with van der Waals surface area (Å²) in [5.74, 6) is -0.117. The summed E-state index contributed by atoms with van der Waals surface area (Å²) in [5.41, 5.74) is 2.60. The molecule has 1 aliphatic rings. The molecule has 1 saturated heterocycles. The fourth-order valence-corrected chi connectivity index (χ4v) is 4.36. The van der Waals surface area contributed by atoms with Gasteiger partial charge < -0.3 is 9.80 Å². The van der Waals surface area contributed by atoms with Crippen LogP contribution in [-0.2, 0) is 4.79 Å². The van der Waals surface area contributed by atoms with Gasteiger partial charge in [-0.15, -0.1) is 11.8 Å². The molecule has 4 nitrogen and oxygen atoms in total. The highest BCUT2D eigenvalue weighted by Crippen LogP contribution is 2.38. The van der Waals surface area contributed by atoms with Crippen molar-refractivity contribution >= 4 is 23.6 Å². The highest BCUT2D eigenvalue weighted by atomic mass is 32.2. The minimum atomic E-state index is -0.428. The number of rotatable bonds is 6. The Bertz CT molecular complexity index is 825. The highest BCUT2D eigenvalue weighted by molar-refractivity contribution is 8.00. The predicted octanol–water partition coefficient (Wildman–Crippen LogP) is 3.87. The van der Waals surface area contributed by atoms with E-state index in [4.69, 9.17) is 0 Å². The van der Waals surface area contributed by atoms with Crippen LogP contribution >= 0.6 is 11.8 Å². The summed E-state index contributed by atoms with van der Waals surface area (Å²) in [6.07, 6.45) is 0. The van der Waals surface area contributed by atoms with Crippen molar-refractivity contribution in [2.75, 3.05) is 25.4 Å². The summed E-state index contributed by atoms with van der Waals surface area (Å²) in [5, 5.41) is -0.0268. The number of likely N-dealkylation sites (N-methyl/N-ethyl adjacent to an activating group) is 1. The normalized spacial score (nSPS) is 16.6. The number of nitrogens with zero attached hydrogens (tertiary/aromatic N) is 2. The molecule has 3 rings (SSSR count). The fourth-order valence-electron chi connectivity index (χ4n) is 3.14. The van der Waals surface area contributed by atoms with Crippen molar-refractivity contribution in [3.63, 3.8) is 0 Å². The van der Waals surface area contributed by atoms with Crippen molar-refractivity contribution in [3.8, 4) is 0 Å². The quantitative estimate of drug-likeness (QED) is 0.757. The average molecular weight is 386 g/mol. The van der Waals surface area contributed by atoms with Gasteiger partial charge in [-0.25, -0.2) is 4.39 Å². The summed E-state index contributed by atoms with van der Waals surface area (Å²) < 4.78 is 13.4. The minimum absolute atomic E-state index is 0.0268. The van der Waals surface area contributed by atoms with Crippen molar-refractivity contribution in [2.24, 2.45) is 0 Å². The van der Waals surface area contributed by atoms with Crippen LogP contribution in [0.3, 0.4) is 0 Å². The summed E-state index contributed by atoms with van der Waals surface area (Å²) >= 11 is 1.61. The van der Waals surface area contributed by atoms with Gasteiger partial charge in [0.15, 0.2) is 0 Å². The van der Waals surface area contributed by atoms with Gasteiger partial charge in [0.1, 0.15) is 11.2 Å². The zero-order valence-electron chi connectivity index (χ0n) is 15.5. The van der Waals surface area contributed by atoms with Gasteiger partial charge in [0, 0.05) is 25.2 Å². The van der Waals surface area contributed by atoms with Crippen LogP contribution in [0.15, 0.2) is 48.5 Å². The summed E-state index contributed by atoms with van der Waals surface area (Å²) in [7, 11) is 0. The van der Waals surface area contributed by atoms with E-state index in [2.05, 4.69) is 0 Å². The number of halogens is 1. The number of aryl methyl sites for hydroxylation is 1. The van der Waals surface area contributed by atoms with E-state index >= 15 is 0 Å². The van der Waals surface area contributed by atoms with Gasteiger partial charge >= 0.3 is 0 Å². The molecule has 2 aromatic carbocycles. The van der Waals surface area contributed by atoms with E-state index in [1.165, 1.54) is 23.8 Å². The third kappa shape index (κ3) is 4.50. The molecule has 2 aromatic rings. The predicted molar refractivity (Wildman–Crippen MR) is 106 cm³/mol. The minimum Gasteiger partial charge on any atom is -0.337 e. The maximum Gasteiger partial charge on any atom is 0.254 e. The van der Waals surface area contributed by atoms with Gasteiger partial charge in [0.25, 0.3) is 5.91 Å². The third-order valence-corrected chi connectivity index (χ3v) is 5.94. The van der Waals surface area contributed by atoms with Gasteiger partial charge in [-0.1, -0.05) is 35.9 Å². The summed E-state index contributed by atoms with van der Waals surface area (Å²) in [6, 6.07) is 13.9. The third-order valence-electron chi connectivity index (χ3n) is 4.68. The van der Waals surface area contributed by atoms with Crippen LogP contribution in [0.2, 0.25) is 0 Å². The molecule has 0 spiro atoms. The molecule has 27 heavy (non-hydrogen) atoms. The lowest BCUT2D eigenvalue weighted by Gasteiger charge is -2.28. The molecule has 0 unspecified atom stereocenters. The first-order valence-electron chi connectivity index (χ1n) is 9.02. The monoisotopic (exact) mass is 386 g/mol. The number of benzene rings is 2. The lowest BCUT2D eigenvalue weighted by molar-refractivity contribution is -0.128. The molecule has 0 saturated carbocycles. The zero-order valence-corrected chi connectivity index (χ0v) is 16.3. The number of hydrogen-bond donors (Lipinski definition) is 0. The fraction of sp³-hybridized carbons (Fsp3) is 0.333. The molecular weight excluding hydrogens is 363 g/mol. The maximum atomic E-state index is 13.4. The van der Waals surface area contributed by atoms with E-state index in [0.717, 1.165) is 5.56 Å². The molecule has 1 heterocycles. The Morgan fingerprint density at radius 1 is 1.26 bits per heavy atom. The molecule has 1 atom stereocenters. The lowest BCUT2D eigenvalue weighted by Crippen LogP contribution is -2.40. The van der Waals surface area contributed by atoms with E-state index in [0.29, 0.717) is 31.0 Å². The largest absolute Gasteiger partial charge is 0.337 e. The van der Waals surface area contributed by atoms with Crippen LogP contribution in [0.1, 0.15) is 33.8 Å². The number of hydrogen-bond acceptors (Lipinski definition) is 3. The SMILES string of the molecule is CCN(CCN1C(=O)CS[C@@H]1c1ccc(C)cc1)C(=O)c1cccc(F)c1. The second-order valence-corrected chi connectivity index (χ2v) is 7.62. The van der Waals surface area contributed by atoms with Crippen LogP contribution in [-0.4, -0.2) is 47.0 Å². The smallest absolute Gasteiger partial charge is 0.254 e. The van der Waals surface area contributed by atoms with Gasteiger partial charge in [-0.3, -0.25) is 9.59 Å². The summed E-state index contributed by atoms with van der Waals surface area (Å²) in [4.78, 5) is 28.5. The standard InChI is InChI=1S/C21H23FN2O2S/c1-3-23(20(26)17-5-4-6-18(22)13-17)11-12-24-19(25)14-27-21(24)16-9-7-15(2)8-10-16/h4-10,13,21H,3,11-12,14H2,1-2H3/t21-/m1/s1. The molecule has 1 aliphatic heterocycles. The number of thioether (sulfide) groups is 1. The van der Waals surface area contributed by atoms with Crippen LogP contribution in [0.25, 0.3) is 0 Å². The average Bonchev–Trinajstić information content (AvgIpc) is 3.03. The number of amides is 2. The molecule has 0 bridgehead atoms. The van der Waals surface area contributed by atoms with Gasteiger partial charge in [0.05, 0.1) is 5.75 Å².